The lowest BCUT2D eigenvalue weighted by atomic mass is 9.81. The van der Waals surface area contributed by atoms with Gasteiger partial charge < -0.3 is 11.1 Å². The molecule has 0 radical (unpaired) electrons. The van der Waals surface area contributed by atoms with Crippen LogP contribution in [0.2, 0.25) is 0 Å². The average Bonchev–Trinajstić information content (AvgIpc) is 2.77. The monoisotopic (exact) mass is 318 g/mol. The normalized spacial score (nSPS) is 12.7. The van der Waals surface area contributed by atoms with Crippen LogP contribution in [0.15, 0.2) is 12.1 Å². The van der Waals surface area contributed by atoms with Gasteiger partial charge in [-0.1, -0.05) is 13.8 Å². The summed E-state index contributed by atoms with van der Waals surface area (Å²) in [5.74, 6) is 0.0979. The fourth-order valence-electron chi connectivity index (χ4n) is 2.28. The molecule has 20 heavy (non-hydrogen) atoms. The van der Waals surface area contributed by atoms with Crippen molar-refractivity contribution in [2.24, 2.45) is 11.1 Å². The zero-order valence-electron chi connectivity index (χ0n) is 12.9. The van der Waals surface area contributed by atoms with Crippen molar-refractivity contribution in [2.75, 3.05) is 6.54 Å². The lowest BCUT2D eigenvalue weighted by Gasteiger charge is -2.30. The first kappa shape index (κ1) is 19.4. The molecule has 0 saturated heterocycles. The van der Waals surface area contributed by atoms with Crippen molar-refractivity contribution in [3.05, 3.63) is 21.9 Å². The molecule has 3 nitrogen and oxygen atoms in total. The highest BCUT2D eigenvalue weighted by molar-refractivity contribution is 7.11. The smallest absolute Gasteiger partial charge is 0.227 e. The van der Waals surface area contributed by atoms with E-state index in [2.05, 4.69) is 31.3 Å². The first-order valence-electron chi connectivity index (χ1n) is 7.03. The van der Waals surface area contributed by atoms with Crippen molar-refractivity contribution in [3.63, 3.8) is 0 Å². The summed E-state index contributed by atoms with van der Waals surface area (Å²) < 4.78 is 0. The van der Waals surface area contributed by atoms with E-state index in [-0.39, 0.29) is 24.4 Å². The number of halogens is 1. The Balaban J connectivity index is 0.00000361. The molecule has 5 heteroatoms. The van der Waals surface area contributed by atoms with Gasteiger partial charge in [0.15, 0.2) is 0 Å². The van der Waals surface area contributed by atoms with Gasteiger partial charge in [0.2, 0.25) is 5.91 Å². The van der Waals surface area contributed by atoms with Gasteiger partial charge in [0.05, 0.1) is 5.41 Å². The summed E-state index contributed by atoms with van der Waals surface area (Å²) in [6.07, 6.45) is 2.46. The predicted octanol–water partition coefficient (Wildman–Crippen LogP) is 3.29. The van der Waals surface area contributed by atoms with E-state index in [1.165, 1.54) is 9.75 Å². The summed E-state index contributed by atoms with van der Waals surface area (Å²) in [4.78, 5) is 15.0. The minimum absolute atomic E-state index is 0. The third kappa shape index (κ3) is 4.76. The molecule has 0 spiro atoms. The maximum Gasteiger partial charge on any atom is 0.227 e. The molecule has 1 heterocycles. The predicted molar refractivity (Wildman–Crippen MR) is 89.7 cm³/mol. The maximum atomic E-state index is 12.4. The van der Waals surface area contributed by atoms with Gasteiger partial charge in [-0.25, -0.2) is 0 Å². The van der Waals surface area contributed by atoms with Crippen molar-refractivity contribution >= 4 is 29.7 Å². The molecule has 1 aromatic rings. The molecule has 0 saturated carbocycles. The standard InChI is InChI=1S/C15H26N2OS.ClH/c1-5-15(6-2,10-16)14(18)17-11(3)9-13-8-7-12(4)19-13;/h7-8,11H,5-6,9-10,16H2,1-4H3,(H,17,18);1H. The minimum Gasteiger partial charge on any atom is -0.353 e. The summed E-state index contributed by atoms with van der Waals surface area (Å²) in [6.45, 7) is 8.63. The van der Waals surface area contributed by atoms with Gasteiger partial charge in [-0.2, -0.15) is 0 Å². The van der Waals surface area contributed by atoms with Crippen LogP contribution in [0.25, 0.3) is 0 Å². The summed E-state index contributed by atoms with van der Waals surface area (Å²) >= 11 is 1.79. The number of nitrogens with two attached hydrogens (primary N) is 1. The number of aryl methyl sites for hydroxylation is 1. The number of hydrogen-bond acceptors (Lipinski definition) is 3. The largest absolute Gasteiger partial charge is 0.353 e. The van der Waals surface area contributed by atoms with Crippen LogP contribution in [0.5, 0.6) is 0 Å². The van der Waals surface area contributed by atoms with Gasteiger partial charge in [-0.05, 0) is 38.8 Å². The van der Waals surface area contributed by atoms with E-state index >= 15 is 0 Å². The molecule has 3 N–H and O–H groups in total. The summed E-state index contributed by atoms with van der Waals surface area (Å²) in [5.41, 5.74) is 5.40. The Labute approximate surface area is 132 Å². The van der Waals surface area contributed by atoms with Gasteiger partial charge in [-0.15, -0.1) is 23.7 Å². The molecule has 1 amide bonds. The average molecular weight is 319 g/mol. The highest BCUT2D eigenvalue weighted by atomic mass is 35.5. The third-order valence-corrected chi connectivity index (χ3v) is 4.93. The molecule has 0 aliphatic carbocycles. The van der Waals surface area contributed by atoms with Gasteiger partial charge in [0, 0.05) is 28.8 Å². The topological polar surface area (TPSA) is 55.1 Å². The molecule has 1 atom stereocenters. The number of thiophene rings is 1. The van der Waals surface area contributed by atoms with E-state index < -0.39 is 5.41 Å². The number of carbonyl (C=O) groups is 1. The van der Waals surface area contributed by atoms with Crippen LogP contribution in [-0.4, -0.2) is 18.5 Å². The number of rotatable bonds is 7. The molecule has 116 valence electrons. The number of carbonyl (C=O) groups excluding carboxylic acids is 1. The van der Waals surface area contributed by atoms with Gasteiger partial charge >= 0.3 is 0 Å². The Morgan fingerprint density at radius 1 is 1.40 bits per heavy atom. The van der Waals surface area contributed by atoms with Gasteiger partial charge in [-0.3, -0.25) is 4.79 Å². The molecule has 0 aliphatic rings. The van der Waals surface area contributed by atoms with Crippen LogP contribution in [-0.2, 0) is 11.2 Å². The molecular formula is C15H27ClN2OS. The lowest BCUT2D eigenvalue weighted by molar-refractivity contribution is -0.131. The van der Waals surface area contributed by atoms with E-state index in [9.17, 15) is 4.79 Å². The first-order chi connectivity index (χ1) is 8.97. The molecule has 0 fully saturated rings. The van der Waals surface area contributed by atoms with Crippen molar-refractivity contribution in [1.82, 2.24) is 5.32 Å². The van der Waals surface area contributed by atoms with Crippen LogP contribution >= 0.6 is 23.7 Å². The highest BCUT2D eigenvalue weighted by Gasteiger charge is 2.33. The minimum atomic E-state index is -0.403. The van der Waals surface area contributed by atoms with E-state index in [0.29, 0.717) is 6.54 Å². The first-order valence-corrected chi connectivity index (χ1v) is 7.85. The molecular weight excluding hydrogens is 292 g/mol. The van der Waals surface area contributed by atoms with E-state index in [0.717, 1.165) is 19.3 Å². The van der Waals surface area contributed by atoms with Crippen molar-refractivity contribution in [3.8, 4) is 0 Å². The molecule has 1 rings (SSSR count). The molecule has 1 aromatic heterocycles. The Morgan fingerprint density at radius 3 is 2.40 bits per heavy atom. The molecule has 1 unspecified atom stereocenters. The maximum absolute atomic E-state index is 12.4. The van der Waals surface area contributed by atoms with Gasteiger partial charge in [0.1, 0.15) is 0 Å². The number of hydrogen-bond donors (Lipinski definition) is 2. The van der Waals surface area contributed by atoms with Crippen LogP contribution in [0.1, 0.15) is 43.4 Å². The SMILES string of the molecule is CCC(CC)(CN)C(=O)NC(C)Cc1ccc(C)s1.Cl. The number of nitrogens with one attached hydrogen (secondary N) is 1. The second-order valence-electron chi connectivity index (χ2n) is 5.28. The highest BCUT2D eigenvalue weighted by Crippen LogP contribution is 2.25. The molecule has 0 bridgehead atoms. The Bertz CT molecular complexity index is 407. The Kier molecular flexibility index (Phi) is 8.40. The molecule has 0 aromatic carbocycles. The van der Waals surface area contributed by atoms with E-state index in [1.54, 1.807) is 11.3 Å². The Hall–Kier alpha value is -0.580. The second kappa shape index (κ2) is 8.65. The van der Waals surface area contributed by atoms with Crippen LogP contribution in [0.3, 0.4) is 0 Å². The van der Waals surface area contributed by atoms with Crippen molar-refractivity contribution < 1.29 is 4.79 Å². The fourth-order valence-corrected chi connectivity index (χ4v) is 3.30. The van der Waals surface area contributed by atoms with Crippen LogP contribution < -0.4 is 11.1 Å². The second-order valence-corrected chi connectivity index (χ2v) is 6.66. The quantitative estimate of drug-likeness (QED) is 0.810. The van der Waals surface area contributed by atoms with Crippen molar-refractivity contribution in [2.45, 2.75) is 53.0 Å². The van der Waals surface area contributed by atoms with Gasteiger partial charge in [0.25, 0.3) is 0 Å². The summed E-state index contributed by atoms with van der Waals surface area (Å²) in [6, 6.07) is 4.41. The zero-order chi connectivity index (χ0) is 14.5. The summed E-state index contributed by atoms with van der Waals surface area (Å²) in [5, 5.41) is 3.12. The van der Waals surface area contributed by atoms with Crippen LogP contribution in [0, 0.1) is 12.3 Å². The van der Waals surface area contributed by atoms with Crippen LogP contribution in [0.4, 0.5) is 0 Å². The Morgan fingerprint density at radius 2 is 2.00 bits per heavy atom. The number of amides is 1. The van der Waals surface area contributed by atoms with Crippen molar-refractivity contribution in [1.29, 1.82) is 0 Å². The lowest BCUT2D eigenvalue weighted by Crippen LogP contribution is -2.48. The summed E-state index contributed by atoms with van der Waals surface area (Å²) in [7, 11) is 0. The molecule has 0 aliphatic heterocycles. The third-order valence-electron chi connectivity index (χ3n) is 3.91. The van der Waals surface area contributed by atoms with E-state index in [1.807, 2.05) is 13.8 Å². The van der Waals surface area contributed by atoms with E-state index in [4.69, 9.17) is 5.73 Å². The fraction of sp³-hybridized carbons (Fsp3) is 0.667. The zero-order valence-corrected chi connectivity index (χ0v) is 14.5.